The normalized spacial score (nSPS) is 14.7. The van der Waals surface area contributed by atoms with Crippen LogP contribution in [0, 0.1) is 0 Å². The molecule has 0 bridgehead atoms. The largest absolute Gasteiger partial charge is 0.447 e. The topological polar surface area (TPSA) is 111 Å². The van der Waals surface area contributed by atoms with Crippen molar-refractivity contribution in [3.8, 4) is 11.1 Å². The lowest BCUT2D eigenvalue weighted by molar-refractivity contribution is -0.184. The van der Waals surface area contributed by atoms with Crippen molar-refractivity contribution in [2.75, 3.05) is 6.61 Å². The van der Waals surface area contributed by atoms with Crippen LogP contribution in [0.4, 0.5) is 4.79 Å². The molecule has 9 nitrogen and oxygen atoms in total. The second-order valence-corrected chi connectivity index (χ2v) is 8.05. The number of hydroxylamine groups is 3. The fourth-order valence-electron chi connectivity index (χ4n) is 4.23. The standard InChI is InChI=1S/C26H20N2O7/c1-15(25(31)35-28-23(29)20-12-6-7-13-21(20)24(28)30)34-27-26(32)33-14-22-18-10-4-2-8-16(18)17-9-3-5-11-19(17)22/h2-13,15,22H,14H2,1H3,(H,27,32). The molecular formula is C26H20N2O7. The summed E-state index contributed by atoms with van der Waals surface area (Å²) in [7, 11) is 0. The van der Waals surface area contributed by atoms with Gasteiger partial charge in [-0.15, -0.1) is 0 Å². The van der Waals surface area contributed by atoms with Gasteiger partial charge in [0.2, 0.25) is 0 Å². The molecule has 176 valence electrons. The lowest BCUT2D eigenvalue weighted by atomic mass is 9.98. The van der Waals surface area contributed by atoms with Crippen LogP contribution in [0.1, 0.15) is 44.7 Å². The van der Waals surface area contributed by atoms with E-state index in [4.69, 9.17) is 14.4 Å². The quantitative estimate of drug-likeness (QED) is 0.431. The number of hydrogen-bond acceptors (Lipinski definition) is 7. The predicted octanol–water partition coefficient (Wildman–Crippen LogP) is 3.60. The van der Waals surface area contributed by atoms with Crippen molar-refractivity contribution in [3.05, 3.63) is 95.1 Å². The highest BCUT2D eigenvalue weighted by atomic mass is 16.8. The van der Waals surface area contributed by atoms with Gasteiger partial charge in [-0.05, 0) is 41.3 Å². The summed E-state index contributed by atoms with van der Waals surface area (Å²) in [6.45, 7) is 1.36. The molecule has 3 aromatic carbocycles. The van der Waals surface area contributed by atoms with Crippen LogP contribution in [0.2, 0.25) is 0 Å². The van der Waals surface area contributed by atoms with E-state index in [-0.39, 0.29) is 23.7 Å². The second-order valence-electron chi connectivity index (χ2n) is 8.05. The maximum atomic E-state index is 12.3. The van der Waals surface area contributed by atoms with Crippen molar-refractivity contribution in [3.63, 3.8) is 0 Å². The molecule has 0 spiro atoms. The zero-order valence-electron chi connectivity index (χ0n) is 18.6. The minimum Gasteiger partial charge on any atom is -0.447 e. The zero-order chi connectivity index (χ0) is 24.5. The summed E-state index contributed by atoms with van der Waals surface area (Å²) in [6.07, 6.45) is -2.22. The molecular weight excluding hydrogens is 452 g/mol. The molecule has 2 aliphatic rings. The van der Waals surface area contributed by atoms with E-state index in [0.717, 1.165) is 22.3 Å². The van der Waals surface area contributed by atoms with Gasteiger partial charge in [0.15, 0.2) is 6.10 Å². The summed E-state index contributed by atoms with van der Waals surface area (Å²) >= 11 is 0. The first-order chi connectivity index (χ1) is 17.0. The Morgan fingerprint density at radius 3 is 1.86 bits per heavy atom. The van der Waals surface area contributed by atoms with Crippen molar-refractivity contribution < 1.29 is 33.6 Å². The van der Waals surface area contributed by atoms with Gasteiger partial charge in [-0.1, -0.05) is 65.7 Å². The van der Waals surface area contributed by atoms with E-state index < -0.39 is 30.0 Å². The second kappa shape index (κ2) is 9.03. The van der Waals surface area contributed by atoms with Crippen LogP contribution in [0.3, 0.4) is 0 Å². The maximum Gasteiger partial charge on any atom is 0.431 e. The van der Waals surface area contributed by atoms with Crippen LogP contribution in [0.25, 0.3) is 11.1 Å². The molecule has 1 unspecified atom stereocenters. The molecule has 0 fully saturated rings. The van der Waals surface area contributed by atoms with Crippen LogP contribution in [-0.2, 0) is 19.2 Å². The van der Waals surface area contributed by atoms with Gasteiger partial charge in [0.1, 0.15) is 6.61 Å². The number of nitrogens with one attached hydrogen (secondary N) is 1. The van der Waals surface area contributed by atoms with Gasteiger partial charge in [-0.3, -0.25) is 14.4 Å². The fourth-order valence-corrected chi connectivity index (χ4v) is 4.23. The SMILES string of the molecule is CC(ONC(=O)OCC1c2ccccc2-c2ccccc21)C(=O)ON1C(=O)c2ccccc2C1=O. The number of hydrogen-bond donors (Lipinski definition) is 1. The molecule has 1 heterocycles. The molecule has 1 N–H and O–H groups in total. The Balaban J connectivity index is 1.14. The maximum absolute atomic E-state index is 12.3. The fraction of sp³-hybridized carbons (Fsp3) is 0.154. The number of benzene rings is 3. The van der Waals surface area contributed by atoms with Gasteiger partial charge in [-0.2, -0.15) is 5.48 Å². The number of nitrogens with zero attached hydrogens (tertiary/aromatic N) is 1. The van der Waals surface area contributed by atoms with Crippen molar-refractivity contribution in [2.45, 2.75) is 18.9 Å². The smallest absolute Gasteiger partial charge is 0.431 e. The van der Waals surface area contributed by atoms with Gasteiger partial charge in [0.05, 0.1) is 11.1 Å². The number of ether oxygens (including phenoxy) is 1. The average molecular weight is 472 g/mol. The van der Waals surface area contributed by atoms with E-state index >= 15 is 0 Å². The van der Waals surface area contributed by atoms with Crippen LogP contribution in [0.15, 0.2) is 72.8 Å². The Kier molecular flexibility index (Phi) is 5.76. The van der Waals surface area contributed by atoms with Gasteiger partial charge >= 0.3 is 12.1 Å². The Hall–Kier alpha value is -4.50. The number of carbonyl (C=O) groups excluding carboxylic acids is 4. The Bertz CT molecular complexity index is 1270. The number of carbonyl (C=O) groups is 4. The van der Waals surface area contributed by atoms with Crippen LogP contribution in [0.5, 0.6) is 0 Å². The van der Waals surface area contributed by atoms with Crippen LogP contribution in [-0.4, -0.2) is 41.7 Å². The third-order valence-electron chi connectivity index (χ3n) is 5.93. The highest BCUT2D eigenvalue weighted by Gasteiger charge is 2.39. The summed E-state index contributed by atoms with van der Waals surface area (Å²) < 4.78 is 5.33. The lowest BCUT2D eigenvalue weighted by Crippen LogP contribution is -2.39. The molecule has 1 atom stereocenters. The zero-order valence-corrected chi connectivity index (χ0v) is 18.6. The van der Waals surface area contributed by atoms with E-state index in [1.807, 2.05) is 54.0 Å². The Morgan fingerprint density at radius 1 is 0.829 bits per heavy atom. The van der Waals surface area contributed by atoms with E-state index in [0.29, 0.717) is 5.06 Å². The highest BCUT2D eigenvalue weighted by Crippen LogP contribution is 2.44. The number of rotatable bonds is 6. The number of amides is 3. The minimum atomic E-state index is -1.32. The average Bonchev–Trinajstić information content (AvgIpc) is 3.33. The summed E-state index contributed by atoms with van der Waals surface area (Å²) in [5.74, 6) is -2.69. The first kappa shape index (κ1) is 22.3. The first-order valence-corrected chi connectivity index (χ1v) is 10.9. The molecule has 3 aromatic rings. The third-order valence-corrected chi connectivity index (χ3v) is 5.93. The van der Waals surface area contributed by atoms with Crippen LogP contribution < -0.4 is 5.48 Å². The molecule has 5 rings (SSSR count). The molecule has 35 heavy (non-hydrogen) atoms. The molecule has 1 aliphatic heterocycles. The van der Waals surface area contributed by atoms with Gasteiger partial charge in [-0.25, -0.2) is 9.59 Å². The molecule has 0 radical (unpaired) electrons. The highest BCUT2D eigenvalue weighted by molar-refractivity contribution is 6.20. The minimum absolute atomic E-state index is 0.0666. The van der Waals surface area contributed by atoms with Crippen molar-refractivity contribution in [1.82, 2.24) is 10.5 Å². The molecule has 3 amide bonds. The number of fused-ring (bicyclic) bond motifs is 4. The molecule has 0 aromatic heterocycles. The molecule has 1 aliphatic carbocycles. The Labute approximate surface area is 200 Å². The number of imide groups is 1. The van der Waals surface area contributed by atoms with E-state index in [9.17, 15) is 19.2 Å². The van der Waals surface area contributed by atoms with Gasteiger partial charge in [0, 0.05) is 5.92 Å². The third kappa shape index (κ3) is 4.02. The summed E-state index contributed by atoms with van der Waals surface area (Å²) in [5.41, 5.74) is 6.62. The predicted molar refractivity (Wildman–Crippen MR) is 122 cm³/mol. The molecule has 0 saturated carbocycles. The van der Waals surface area contributed by atoms with Crippen molar-refractivity contribution in [2.24, 2.45) is 0 Å². The van der Waals surface area contributed by atoms with Crippen molar-refractivity contribution >= 4 is 23.9 Å². The summed E-state index contributed by atoms with van der Waals surface area (Å²) in [6, 6.07) is 21.9. The summed E-state index contributed by atoms with van der Waals surface area (Å²) in [4.78, 5) is 59.1. The van der Waals surface area contributed by atoms with E-state index in [1.54, 1.807) is 12.1 Å². The first-order valence-electron chi connectivity index (χ1n) is 10.9. The van der Waals surface area contributed by atoms with E-state index in [1.165, 1.54) is 19.1 Å². The van der Waals surface area contributed by atoms with Crippen molar-refractivity contribution in [1.29, 1.82) is 0 Å². The van der Waals surface area contributed by atoms with E-state index in [2.05, 4.69) is 0 Å². The Morgan fingerprint density at radius 2 is 1.31 bits per heavy atom. The van der Waals surface area contributed by atoms with Gasteiger partial charge < -0.3 is 9.57 Å². The molecule has 9 heteroatoms. The lowest BCUT2D eigenvalue weighted by Gasteiger charge is -2.17. The van der Waals surface area contributed by atoms with Gasteiger partial charge in [0.25, 0.3) is 11.8 Å². The molecule has 0 saturated heterocycles. The summed E-state index contributed by atoms with van der Waals surface area (Å²) in [5, 5.41) is 0.375. The van der Waals surface area contributed by atoms with Crippen LogP contribution >= 0.6 is 0 Å². The monoisotopic (exact) mass is 472 g/mol.